The third-order valence-electron chi connectivity index (χ3n) is 7.58. The van der Waals surface area contributed by atoms with Crippen LogP contribution in [0, 0.1) is 16.7 Å². The molecule has 2 nitrogen and oxygen atoms in total. The number of ketones is 1. The molecule has 1 aromatic rings. The molecule has 0 spiro atoms. The Bertz CT molecular complexity index is 698. The Morgan fingerprint density at radius 2 is 1.71 bits per heavy atom. The standard InChI is InChI=1S/C26H38O2/c1-5-6-7-8-9-10-17-28-19-21-13-11-20(12-14-21)18-22-23-15-16-26(4,24(22)27)25(23,2)3/h11-14,18,23H,5-10,15-17,19H2,1-4H3. The SMILES string of the molecule is CCCCCCCCOCc1ccc(C=C2C(=O)C3(C)CCC2C3(C)C)cc1. The van der Waals surface area contributed by atoms with Gasteiger partial charge in [-0.3, -0.25) is 4.79 Å². The zero-order chi connectivity index (χ0) is 20.2. The lowest BCUT2D eigenvalue weighted by Crippen LogP contribution is -2.32. The van der Waals surface area contributed by atoms with Crippen LogP contribution in [-0.2, 0) is 16.1 Å². The summed E-state index contributed by atoms with van der Waals surface area (Å²) in [4.78, 5) is 13.0. The molecule has 0 aliphatic heterocycles. The van der Waals surface area contributed by atoms with E-state index < -0.39 is 0 Å². The summed E-state index contributed by atoms with van der Waals surface area (Å²) < 4.78 is 5.83. The Labute approximate surface area is 171 Å². The van der Waals surface area contributed by atoms with E-state index in [1.807, 2.05) is 0 Å². The average Bonchev–Trinajstić information content (AvgIpc) is 2.99. The van der Waals surface area contributed by atoms with Crippen LogP contribution in [0.2, 0.25) is 0 Å². The Kier molecular flexibility index (Phi) is 6.81. The summed E-state index contributed by atoms with van der Waals surface area (Å²) in [5.41, 5.74) is 3.30. The van der Waals surface area contributed by atoms with Crippen LogP contribution >= 0.6 is 0 Å². The van der Waals surface area contributed by atoms with Gasteiger partial charge < -0.3 is 4.74 Å². The van der Waals surface area contributed by atoms with Gasteiger partial charge in [-0.05, 0) is 53.4 Å². The predicted octanol–water partition coefficient (Wildman–Crippen LogP) is 6.97. The van der Waals surface area contributed by atoms with Gasteiger partial charge in [0.15, 0.2) is 5.78 Å². The first kappa shape index (κ1) is 21.3. The van der Waals surface area contributed by atoms with Crippen LogP contribution in [0.3, 0.4) is 0 Å². The van der Waals surface area contributed by atoms with Crippen LogP contribution in [0.25, 0.3) is 6.08 Å². The van der Waals surface area contributed by atoms with Crippen molar-refractivity contribution in [2.75, 3.05) is 6.61 Å². The Morgan fingerprint density at radius 3 is 2.36 bits per heavy atom. The third-order valence-corrected chi connectivity index (χ3v) is 7.58. The number of benzene rings is 1. The van der Waals surface area contributed by atoms with Crippen molar-refractivity contribution in [3.05, 3.63) is 41.0 Å². The van der Waals surface area contributed by atoms with Gasteiger partial charge in [-0.15, -0.1) is 0 Å². The summed E-state index contributed by atoms with van der Waals surface area (Å²) in [5.74, 6) is 0.783. The molecular formula is C26H38O2. The number of allylic oxidation sites excluding steroid dienone is 1. The Morgan fingerprint density at radius 1 is 1.04 bits per heavy atom. The molecule has 28 heavy (non-hydrogen) atoms. The number of carbonyl (C=O) groups is 1. The van der Waals surface area contributed by atoms with Crippen molar-refractivity contribution < 1.29 is 9.53 Å². The number of ether oxygens (including phenoxy) is 1. The molecule has 154 valence electrons. The monoisotopic (exact) mass is 382 g/mol. The van der Waals surface area contributed by atoms with Gasteiger partial charge in [0, 0.05) is 12.0 Å². The van der Waals surface area contributed by atoms with E-state index in [0.717, 1.165) is 37.0 Å². The number of Topliss-reactive ketones (excluding diaryl/α,β-unsaturated/α-hetero) is 1. The topological polar surface area (TPSA) is 26.3 Å². The van der Waals surface area contributed by atoms with Crippen molar-refractivity contribution in [2.45, 2.75) is 85.7 Å². The van der Waals surface area contributed by atoms with Crippen molar-refractivity contribution in [1.82, 2.24) is 0 Å². The first-order chi connectivity index (χ1) is 13.4. The van der Waals surface area contributed by atoms with E-state index in [-0.39, 0.29) is 10.8 Å². The molecule has 0 N–H and O–H groups in total. The van der Waals surface area contributed by atoms with Gasteiger partial charge in [-0.2, -0.15) is 0 Å². The summed E-state index contributed by atoms with van der Waals surface area (Å²) in [5, 5.41) is 0. The minimum absolute atomic E-state index is 0.0836. The summed E-state index contributed by atoms with van der Waals surface area (Å²) in [7, 11) is 0. The maximum atomic E-state index is 13.0. The Balaban J connectivity index is 1.49. The Hall–Kier alpha value is -1.41. The van der Waals surface area contributed by atoms with Crippen molar-refractivity contribution in [3.8, 4) is 0 Å². The second-order valence-corrected chi connectivity index (χ2v) is 9.64. The van der Waals surface area contributed by atoms with Gasteiger partial charge in [-0.25, -0.2) is 0 Å². The van der Waals surface area contributed by atoms with E-state index in [2.05, 4.69) is 58.0 Å². The van der Waals surface area contributed by atoms with Crippen LogP contribution in [0.15, 0.2) is 29.8 Å². The second kappa shape index (κ2) is 8.95. The van der Waals surface area contributed by atoms with Crippen molar-refractivity contribution >= 4 is 11.9 Å². The molecule has 2 aliphatic rings. The predicted molar refractivity (Wildman–Crippen MR) is 117 cm³/mol. The molecule has 3 rings (SSSR count). The summed E-state index contributed by atoms with van der Waals surface area (Å²) in [6.07, 6.45) is 12.1. The van der Waals surface area contributed by atoms with Crippen LogP contribution in [0.1, 0.15) is 90.2 Å². The molecule has 0 radical (unpaired) electrons. The van der Waals surface area contributed by atoms with Gasteiger partial charge >= 0.3 is 0 Å². The first-order valence-electron chi connectivity index (χ1n) is 11.3. The maximum Gasteiger partial charge on any atom is 0.165 e. The van der Waals surface area contributed by atoms with Crippen LogP contribution in [0.5, 0.6) is 0 Å². The van der Waals surface area contributed by atoms with E-state index in [4.69, 9.17) is 4.74 Å². The van der Waals surface area contributed by atoms with Crippen LogP contribution in [0.4, 0.5) is 0 Å². The molecule has 0 aromatic heterocycles. The summed E-state index contributed by atoms with van der Waals surface area (Å²) >= 11 is 0. The smallest absolute Gasteiger partial charge is 0.165 e. The largest absolute Gasteiger partial charge is 0.377 e. The van der Waals surface area contributed by atoms with Gasteiger partial charge in [0.1, 0.15) is 0 Å². The number of unbranched alkanes of at least 4 members (excludes halogenated alkanes) is 5. The molecule has 2 bridgehead atoms. The second-order valence-electron chi connectivity index (χ2n) is 9.64. The highest BCUT2D eigenvalue weighted by Gasteiger charge is 2.63. The maximum absolute atomic E-state index is 13.0. The molecule has 2 unspecified atom stereocenters. The lowest BCUT2D eigenvalue weighted by molar-refractivity contribution is -0.125. The van der Waals surface area contributed by atoms with E-state index in [9.17, 15) is 4.79 Å². The molecule has 0 saturated heterocycles. The van der Waals surface area contributed by atoms with Crippen molar-refractivity contribution in [3.63, 3.8) is 0 Å². The first-order valence-corrected chi connectivity index (χ1v) is 11.3. The molecule has 2 heteroatoms. The minimum atomic E-state index is -0.173. The third kappa shape index (κ3) is 4.13. The summed E-state index contributed by atoms with van der Waals surface area (Å²) in [6, 6.07) is 8.53. The average molecular weight is 383 g/mol. The molecule has 0 heterocycles. The van der Waals surface area contributed by atoms with Crippen molar-refractivity contribution in [1.29, 1.82) is 0 Å². The number of fused-ring (bicyclic) bond motifs is 2. The highest BCUT2D eigenvalue weighted by atomic mass is 16.5. The van der Waals surface area contributed by atoms with Gasteiger partial charge in [-0.1, -0.05) is 84.1 Å². The highest BCUT2D eigenvalue weighted by Crippen LogP contribution is 2.65. The van der Waals surface area contributed by atoms with E-state index >= 15 is 0 Å². The van der Waals surface area contributed by atoms with E-state index in [1.165, 1.54) is 37.7 Å². The molecule has 2 fully saturated rings. The lowest BCUT2D eigenvalue weighted by Gasteiger charge is -2.31. The fourth-order valence-corrected chi connectivity index (χ4v) is 5.16. The molecule has 1 aromatic carbocycles. The molecule has 2 aliphatic carbocycles. The van der Waals surface area contributed by atoms with Crippen molar-refractivity contribution in [2.24, 2.45) is 16.7 Å². The lowest BCUT2D eigenvalue weighted by atomic mass is 9.70. The fourth-order valence-electron chi connectivity index (χ4n) is 5.16. The zero-order valence-corrected chi connectivity index (χ0v) is 18.4. The quantitative estimate of drug-likeness (QED) is 0.322. The molecule has 2 atom stereocenters. The highest BCUT2D eigenvalue weighted by molar-refractivity contribution is 6.07. The number of carbonyl (C=O) groups excluding carboxylic acids is 1. The van der Waals surface area contributed by atoms with E-state index in [1.54, 1.807) is 0 Å². The summed E-state index contributed by atoms with van der Waals surface area (Å²) in [6.45, 7) is 10.5. The van der Waals surface area contributed by atoms with E-state index in [0.29, 0.717) is 18.3 Å². The van der Waals surface area contributed by atoms with Gasteiger partial charge in [0.2, 0.25) is 0 Å². The fraction of sp³-hybridized carbons (Fsp3) is 0.654. The number of hydrogen-bond acceptors (Lipinski definition) is 2. The van der Waals surface area contributed by atoms with Crippen LogP contribution in [-0.4, -0.2) is 12.4 Å². The molecule has 2 saturated carbocycles. The molecular weight excluding hydrogens is 344 g/mol. The van der Waals surface area contributed by atoms with Gasteiger partial charge in [0.05, 0.1) is 6.61 Å². The van der Waals surface area contributed by atoms with Gasteiger partial charge in [0.25, 0.3) is 0 Å². The van der Waals surface area contributed by atoms with Crippen LogP contribution < -0.4 is 0 Å². The normalized spacial score (nSPS) is 27.1. The molecule has 0 amide bonds. The number of rotatable bonds is 10. The minimum Gasteiger partial charge on any atom is -0.377 e. The zero-order valence-electron chi connectivity index (χ0n) is 18.4. The number of hydrogen-bond donors (Lipinski definition) is 0.